The number of anilines is 1. The fourth-order valence-electron chi connectivity index (χ4n) is 2.99. The molecular weight excluding hydrogens is 276 g/mol. The van der Waals surface area contributed by atoms with Crippen molar-refractivity contribution >= 4 is 5.69 Å². The maximum Gasteiger partial charge on any atom is 0.119 e. The Hall–Kier alpha value is -1.26. The normalized spacial score (nSPS) is 17.5. The quantitative estimate of drug-likeness (QED) is 0.839. The zero-order valence-corrected chi connectivity index (χ0v) is 14.4. The SMILES string of the molecule is COC1(CCN(C)c2ccc(OC(C)C)cc2)CCNCC1. The second kappa shape index (κ2) is 7.84. The monoisotopic (exact) mass is 306 g/mol. The molecule has 124 valence electrons. The van der Waals surface area contributed by atoms with E-state index in [2.05, 4.69) is 29.4 Å². The molecule has 0 radical (unpaired) electrons. The lowest BCUT2D eigenvalue weighted by molar-refractivity contribution is -0.0384. The molecule has 1 saturated heterocycles. The highest BCUT2D eigenvalue weighted by Gasteiger charge is 2.31. The number of rotatable bonds is 7. The first-order chi connectivity index (χ1) is 10.5. The summed E-state index contributed by atoms with van der Waals surface area (Å²) in [6.45, 7) is 7.20. The third kappa shape index (κ3) is 4.62. The van der Waals surface area contributed by atoms with Crippen LogP contribution >= 0.6 is 0 Å². The van der Waals surface area contributed by atoms with Crippen molar-refractivity contribution in [1.82, 2.24) is 5.32 Å². The van der Waals surface area contributed by atoms with Gasteiger partial charge in [-0.15, -0.1) is 0 Å². The number of nitrogens with one attached hydrogen (secondary N) is 1. The molecule has 1 fully saturated rings. The van der Waals surface area contributed by atoms with E-state index < -0.39 is 0 Å². The van der Waals surface area contributed by atoms with Crippen LogP contribution in [0.2, 0.25) is 0 Å². The van der Waals surface area contributed by atoms with Crippen LogP contribution in [0.15, 0.2) is 24.3 Å². The number of hydrogen-bond donors (Lipinski definition) is 1. The summed E-state index contributed by atoms with van der Waals surface area (Å²) in [5, 5.41) is 3.41. The van der Waals surface area contributed by atoms with E-state index >= 15 is 0 Å². The number of hydrogen-bond acceptors (Lipinski definition) is 4. The maximum absolute atomic E-state index is 5.84. The highest BCUT2D eigenvalue weighted by Crippen LogP contribution is 2.27. The van der Waals surface area contributed by atoms with Crippen molar-refractivity contribution in [2.45, 2.75) is 44.8 Å². The minimum atomic E-state index is 0.0419. The van der Waals surface area contributed by atoms with Gasteiger partial charge in [0.15, 0.2) is 0 Å². The lowest BCUT2D eigenvalue weighted by Gasteiger charge is -2.37. The molecule has 0 amide bonds. The van der Waals surface area contributed by atoms with Crippen LogP contribution in [-0.2, 0) is 4.74 Å². The minimum absolute atomic E-state index is 0.0419. The van der Waals surface area contributed by atoms with Crippen LogP contribution in [0.25, 0.3) is 0 Å². The molecule has 1 aliphatic heterocycles. The van der Waals surface area contributed by atoms with Gasteiger partial charge in [-0.2, -0.15) is 0 Å². The first-order valence-corrected chi connectivity index (χ1v) is 8.28. The van der Waals surface area contributed by atoms with Gasteiger partial charge in [0.25, 0.3) is 0 Å². The average Bonchev–Trinajstić information content (AvgIpc) is 2.54. The van der Waals surface area contributed by atoms with Gasteiger partial charge in [-0.3, -0.25) is 0 Å². The summed E-state index contributed by atoms with van der Waals surface area (Å²) in [7, 11) is 3.99. The fraction of sp³-hybridized carbons (Fsp3) is 0.667. The van der Waals surface area contributed by atoms with Crippen molar-refractivity contribution in [3.05, 3.63) is 24.3 Å². The van der Waals surface area contributed by atoms with Gasteiger partial charge in [-0.1, -0.05) is 0 Å². The standard InChI is InChI=1S/C18H30N2O2/c1-15(2)22-17-7-5-16(6-8-17)20(3)14-11-18(21-4)9-12-19-13-10-18/h5-8,15,19H,9-14H2,1-4H3. The second-order valence-corrected chi connectivity index (χ2v) is 6.47. The Balaban J connectivity index is 1.89. The smallest absolute Gasteiger partial charge is 0.119 e. The van der Waals surface area contributed by atoms with Crippen LogP contribution in [0.5, 0.6) is 5.75 Å². The van der Waals surface area contributed by atoms with Gasteiger partial charge in [0.05, 0.1) is 11.7 Å². The number of methoxy groups -OCH3 is 1. The third-order valence-electron chi connectivity index (χ3n) is 4.50. The van der Waals surface area contributed by atoms with Crippen LogP contribution in [0.4, 0.5) is 5.69 Å². The van der Waals surface area contributed by atoms with E-state index in [9.17, 15) is 0 Å². The predicted octanol–water partition coefficient (Wildman–Crippen LogP) is 3.07. The van der Waals surface area contributed by atoms with E-state index in [-0.39, 0.29) is 11.7 Å². The summed E-state index contributed by atoms with van der Waals surface area (Å²) in [5.41, 5.74) is 1.26. The lowest BCUT2D eigenvalue weighted by Crippen LogP contribution is -2.45. The molecule has 1 aromatic carbocycles. The van der Waals surface area contributed by atoms with Gasteiger partial charge in [0.1, 0.15) is 5.75 Å². The Morgan fingerprint density at radius 1 is 1.18 bits per heavy atom. The van der Waals surface area contributed by atoms with Gasteiger partial charge in [0.2, 0.25) is 0 Å². The molecule has 0 bridgehead atoms. The molecule has 1 N–H and O–H groups in total. The number of ether oxygens (including phenoxy) is 2. The molecule has 0 spiro atoms. The van der Waals surface area contributed by atoms with E-state index in [0.717, 1.165) is 44.6 Å². The Kier molecular flexibility index (Phi) is 6.09. The van der Waals surface area contributed by atoms with Crippen molar-refractivity contribution in [2.24, 2.45) is 0 Å². The van der Waals surface area contributed by atoms with Gasteiger partial charge in [-0.05, 0) is 70.5 Å². The van der Waals surface area contributed by atoms with Crippen molar-refractivity contribution < 1.29 is 9.47 Å². The Morgan fingerprint density at radius 2 is 1.82 bits per heavy atom. The van der Waals surface area contributed by atoms with Gasteiger partial charge in [-0.25, -0.2) is 0 Å². The summed E-state index contributed by atoms with van der Waals surface area (Å²) in [4.78, 5) is 2.29. The Morgan fingerprint density at radius 3 is 2.36 bits per heavy atom. The molecule has 0 unspecified atom stereocenters. The van der Waals surface area contributed by atoms with Gasteiger partial charge < -0.3 is 19.7 Å². The van der Waals surface area contributed by atoms with Crippen LogP contribution in [0, 0.1) is 0 Å². The van der Waals surface area contributed by atoms with E-state index in [1.54, 1.807) is 0 Å². The zero-order chi connectivity index (χ0) is 16.0. The summed E-state index contributed by atoms with van der Waals surface area (Å²) < 4.78 is 11.5. The van der Waals surface area contributed by atoms with Crippen molar-refractivity contribution in [1.29, 1.82) is 0 Å². The molecule has 22 heavy (non-hydrogen) atoms. The average molecular weight is 306 g/mol. The largest absolute Gasteiger partial charge is 0.491 e. The third-order valence-corrected chi connectivity index (χ3v) is 4.50. The Bertz CT molecular complexity index is 439. The Labute approximate surface area is 134 Å². The van der Waals surface area contributed by atoms with Crippen molar-refractivity contribution in [3.8, 4) is 5.75 Å². The topological polar surface area (TPSA) is 33.7 Å². The summed E-state index contributed by atoms with van der Waals surface area (Å²) >= 11 is 0. The zero-order valence-electron chi connectivity index (χ0n) is 14.4. The maximum atomic E-state index is 5.84. The summed E-state index contributed by atoms with van der Waals surface area (Å²) in [6, 6.07) is 8.34. The lowest BCUT2D eigenvalue weighted by atomic mass is 9.88. The molecule has 4 heteroatoms. The molecule has 1 heterocycles. The van der Waals surface area contributed by atoms with Crippen molar-refractivity contribution in [3.63, 3.8) is 0 Å². The minimum Gasteiger partial charge on any atom is -0.491 e. The first kappa shape index (κ1) is 17.1. The summed E-state index contributed by atoms with van der Waals surface area (Å²) in [5.74, 6) is 0.930. The number of benzene rings is 1. The number of nitrogens with zero attached hydrogens (tertiary/aromatic N) is 1. The van der Waals surface area contributed by atoms with E-state index in [1.807, 2.05) is 33.1 Å². The molecule has 0 saturated carbocycles. The van der Waals surface area contributed by atoms with Gasteiger partial charge >= 0.3 is 0 Å². The molecule has 1 aromatic rings. The van der Waals surface area contributed by atoms with Crippen LogP contribution in [0.3, 0.4) is 0 Å². The van der Waals surface area contributed by atoms with Gasteiger partial charge in [0, 0.05) is 26.4 Å². The highest BCUT2D eigenvalue weighted by molar-refractivity contribution is 5.48. The predicted molar refractivity (Wildman–Crippen MR) is 91.9 cm³/mol. The van der Waals surface area contributed by atoms with E-state index in [1.165, 1.54) is 5.69 Å². The molecule has 0 aliphatic carbocycles. The highest BCUT2D eigenvalue weighted by atomic mass is 16.5. The molecule has 2 rings (SSSR count). The van der Waals surface area contributed by atoms with E-state index in [0.29, 0.717) is 0 Å². The van der Waals surface area contributed by atoms with Crippen LogP contribution < -0.4 is 15.0 Å². The number of piperidine rings is 1. The van der Waals surface area contributed by atoms with Crippen LogP contribution in [-0.4, -0.2) is 45.5 Å². The molecule has 0 aromatic heterocycles. The summed E-state index contributed by atoms with van der Waals surface area (Å²) in [6.07, 6.45) is 3.47. The molecule has 0 atom stereocenters. The fourth-order valence-corrected chi connectivity index (χ4v) is 2.99. The molecule has 4 nitrogen and oxygen atoms in total. The molecule has 1 aliphatic rings. The first-order valence-electron chi connectivity index (χ1n) is 8.28. The van der Waals surface area contributed by atoms with Crippen LogP contribution in [0.1, 0.15) is 33.1 Å². The van der Waals surface area contributed by atoms with E-state index in [4.69, 9.17) is 9.47 Å². The van der Waals surface area contributed by atoms with Crippen molar-refractivity contribution in [2.75, 3.05) is 38.7 Å². The molecular formula is C18H30N2O2. The second-order valence-electron chi connectivity index (χ2n) is 6.47.